The van der Waals surface area contributed by atoms with Gasteiger partial charge in [-0.3, -0.25) is 0 Å². The molecule has 2 fully saturated rings. The summed E-state index contributed by atoms with van der Waals surface area (Å²) in [5, 5.41) is 11.1. The summed E-state index contributed by atoms with van der Waals surface area (Å²) in [5.74, 6) is 1.61. The molecule has 1 aliphatic heterocycles. The molecule has 4 atom stereocenters. The van der Waals surface area contributed by atoms with Crippen molar-refractivity contribution in [2.75, 3.05) is 0 Å². The standard InChI is InChI=1S/C16H30O2/c1-11-7-8-16(17,9-12(11)2)13-10-14(3,4)18-15(13,5)6/h11-13,17H,7-10H2,1-6H3. The number of hydrogen-bond donors (Lipinski definition) is 1. The summed E-state index contributed by atoms with van der Waals surface area (Å²) in [6, 6.07) is 0. The zero-order valence-electron chi connectivity index (χ0n) is 12.9. The Morgan fingerprint density at radius 3 is 2.06 bits per heavy atom. The molecule has 4 unspecified atom stereocenters. The Kier molecular flexibility index (Phi) is 3.35. The summed E-state index contributed by atoms with van der Waals surface area (Å²) >= 11 is 0. The lowest BCUT2D eigenvalue weighted by atomic mass is 9.63. The molecule has 0 radical (unpaired) electrons. The van der Waals surface area contributed by atoms with Gasteiger partial charge in [0.05, 0.1) is 16.8 Å². The van der Waals surface area contributed by atoms with Crippen LogP contribution in [0, 0.1) is 17.8 Å². The fourth-order valence-corrected chi connectivity index (χ4v) is 4.34. The molecule has 1 N–H and O–H groups in total. The van der Waals surface area contributed by atoms with Crippen LogP contribution in [0.3, 0.4) is 0 Å². The van der Waals surface area contributed by atoms with Crippen molar-refractivity contribution in [3.8, 4) is 0 Å². The number of ether oxygens (including phenoxy) is 1. The van der Waals surface area contributed by atoms with Crippen LogP contribution in [0.4, 0.5) is 0 Å². The first-order valence-electron chi connectivity index (χ1n) is 7.48. The van der Waals surface area contributed by atoms with Gasteiger partial charge in [-0.25, -0.2) is 0 Å². The molecule has 0 aromatic rings. The van der Waals surface area contributed by atoms with E-state index >= 15 is 0 Å². The molecule has 0 aromatic heterocycles. The van der Waals surface area contributed by atoms with Crippen molar-refractivity contribution in [3.63, 3.8) is 0 Å². The predicted molar refractivity (Wildman–Crippen MR) is 74.5 cm³/mol. The maximum Gasteiger partial charge on any atom is 0.0706 e. The van der Waals surface area contributed by atoms with Crippen LogP contribution in [0.25, 0.3) is 0 Å². The first kappa shape index (κ1) is 14.3. The second kappa shape index (κ2) is 4.21. The van der Waals surface area contributed by atoms with Crippen LogP contribution in [-0.4, -0.2) is 21.9 Å². The lowest BCUT2D eigenvalue weighted by molar-refractivity contribution is -0.133. The topological polar surface area (TPSA) is 29.5 Å². The van der Waals surface area contributed by atoms with Crippen LogP contribution in [0.1, 0.15) is 67.2 Å². The van der Waals surface area contributed by atoms with E-state index < -0.39 is 5.60 Å². The molecule has 2 heteroatoms. The van der Waals surface area contributed by atoms with E-state index in [1.54, 1.807) is 0 Å². The zero-order chi connectivity index (χ0) is 13.8. The van der Waals surface area contributed by atoms with Crippen LogP contribution >= 0.6 is 0 Å². The highest BCUT2D eigenvalue weighted by atomic mass is 16.5. The molecule has 2 nitrogen and oxygen atoms in total. The van der Waals surface area contributed by atoms with Gasteiger partial charge < -0.3 is 9.84 Å². The molecule has 0 bridgehead atoms. The molecule has 106 valence electrons. The van der Waals surface area contributed by atoms with Gasteiger partial charge in [0.15, 0.2) is 0 Å². The molecule has 1 aliphatic carbocycles. The van der Waals surface area contributed by atoms with Gasteiger partial charge in [-0.15, -0.1) is 0 Å². The minimum atomic E-state index is -0.525. The number of aliphatic hydroxyl groups is 1. The highest BCUT2D eigenvalue weighted by Crippen LogP contribution is 2.52. The van der Waals surface area contributed by atoms with Crippen molar-refractivity contribution in [3.05, 3.63) is 0 Å². The average molecular weight is 254 g/mol. The smallest absolute Gasteiger partial charge is 0.0706 e. The molecule has 18 heavy (non-hydrogen) atoms. The summed E-state index contributed by atoms with van der Waals surface area (Å²) in [6.45, 7) is 13.2. The van der Waals surface area contributed by atoms with Crippen molar-refractivity contribution in [1.82, 2.24) is 0 Å². The van der Waals surface area contributed by atoms with Crippen LogP contribution < -0.4 is 0 Å². The van der Waals surface area contributed by atoms with Gasteiger partial charge in [-0.05, 0) is 65.2 Å². The van der Waals surface area contributed by atoms with E-state index in [0.717, 1.165) is 31.6 Å². The van der Waals surface area contributed by atoms with Gasteiger partial charge in [0.25, 0.3) is 0 Å². The highest BCUT2D eigenvalue weighted by molar-refractivity contribution is 5.05. The Morgan fingerprint density at radius 1 is 1.00 bits per heavy atom. The van der Waals surface area contributed by atoms with Gasteiger partial charge in [0, 0.05) is 5.92 Å². The Bertz CT molecular complexity index is 321. The van der Waals surface area contributed by atoms with Crippen molar-refractivity contribution in [2.24, 2.45) is 17.8 Å². The van der Waals surface area contributed by atoms with Crippen LogP contribution in [-0.2, 0) is 4.74 Å². The molecule has 0 aromatic carbocycles. The quantitative estimate of drug-likeness (QED) is 0.772. The van der Waals surface area contributed by atoms with Crippen LogP contribution in [0.5, 0.6) is 0 Å². The van der Waals surface area contributed by atoms with E-state index in [1.807, 2.05) is 0 Å². The fraction of sp³-hybridized carbons (Fsp3) is 1.00. The molecular weight excluding hydrogens is 224 g/mol. The summed E-state index contributed by atoms with van der Waals surface area (Å²) < 4.78 is 6.17. The predicted octanol–water partition coefficient (Wildman–Crippen LogP) is 3.77. The highest BCUT2D eigenvalue weighted by Gasteiger charge is 2.56. The fourth-order valence-electron chi connectivity index (χ4n) is 4.34. The first-order chi connectivity index (χ1) is 8.06. The second-order valence-electron chi connectivity index (χ2n) is 8.02. The summed E-state index contributed by atoms with van der Waals surface area (Å²) in [5.41, 5.74) is -0.835. The van der Waals surface area contributed by atoms with Crippen molar-refractivity contribution >= 4 is 0 Å². The Labute approximate surface area is 112 Å². The van der Waals surface area contributed by atoms with Gasteiger partial charge in [0.2, 0.25) is 0 Å². The van der Waals surface area contributed by atoms with Gasteiger partial charge in [-0.2, -0.15) is 0 Å². The number of rotatable bonds is 1. The maximum absolute atomic E-state index is 11.1. The second-order valence-corrected chi connectivity index (χ2v) is 8.02. The molecule has 2 rings (SSSR count). The summed E-state index contributed by atoms with van der Waals surface area (Å²) in [4.78, 5) is 0. The van der Waals surface area contributed by atoms with Gasteiger partial charge in [0.1, 0.15) is 0 Å². The third kappa shape index (κ3) is 2.46. The molecular formula is C16H30O2. The van der Waals surface area contributed by atoms with Crippen molar-refractivity contribution in [1.29, 1.82) is 0 Å². The maximum atomic E-state index is 11.1. The molecule has 0 spiro atoms. The van der Waals surface area contributed by atoms with E-state index in [2.05, 4.69) is 41.5 Å². The Hall–Kier alpha value is -0.0800. The van der Waals surface area contributed by atoms with Crippen molar-refractivity contribution < 1.29 is 9.84 Å². The van der Waals surface area contributed by atoms with Gasteiger partial charge >= 0.3 is 0 Å². The zero-order valence-corrected chi connectivity index (χ0v) is 12.9. The van der Waals surface area contributed by atoms with Crippen molar-refractivity contribution in [2.45, 2.75) is 84.0 Å². The third-order valence-electron chi connectivity index (χ3n) is 5.40. The van der Waals surface area contributed by atoms with E-state index in [9.17, 15) is 5.11 Å². The van der Waals surface area contributed by atoms with E-state index in [-0.39, 0.29) is 17.1 Å². The minimum absolute atomic E-state index is 0.101. The van der Waals surface area contributed by atoms with Gasteiger partial charge in [-0.1, -0.05) is 13.8 Å². The third-order valence-corrected chi connectivity index (χ3v) is 5.40. The molecule has 2 aliphatic rings. The van der Waals surface area contributed by atoms with E-state index in [4.69, 9.17) is 4.74 Å². The summed E-state index contributed by atoms with van der Waals surface area (Å²) in [6.07, 6.45) is 3.98. The molecule has 1 saturated heterocycles. The number of hydrogen-bond acceptors (Lipinski definition) is 2. The van der Waals surface area contributed by atoms with E-state index in [1.165, 1.54) is 0 Å². The monoisotopic (exact) mass is 254 g/mol. The van der Waals surface area contributed by atoms with E-state index in [0.29, 0.717) is 5.92 Å². The SMILES string of the molecule is CC1CCC(O)(C2CC(C)(C)OC2(C)C)CC1C. The first-order valence-corrected chi connectivity index (χ1v) is 7.48. The van der Waals surface area contributed by atoms with Crippen LogP contribution in [0.2, 0.25) is 0 Å². The lowest BCUT2D eigenvalue weighted by Gasteiger charge is -2.46. The minimum Gasteiger partial charge on any atom is -0.389 e. The Morgan fingerprint density at radius 2 is 1.61 bits per heavy atom. The summed E-state index contributed by atoms with van der Waals surface area (Å²) in [7, 11) is 0. The van der Waals surface area contributed by atoms with Crippen LogP contribution in [0.15, 0.2) is 0 Å². The average Bonchev–Trinajstić information content (AvgIpc) is 2.42. The molecule has 1 heterocycles. The molecule has 1 saturated carbocycles. The lowest BCUT2D eigenvalue weighted by Crippen LogP contribution is -2.50. The normalized spacial score (nSPS) is 47.2. The largest absolute Gasteiger partial charge is 0.389 e. The Balaban J connectivity index is 2.20. The molecule has 0 amide bonds.